The van der Waals surface area contributed by atoms with Crippen LogP contribution in [-0.2, 0) is 4.79 Å². The predicted octanol–water partition coefficient (Wildman–Crippen LogP) is 1.88. The van der Waals surface area contributed by atoms with Gasteiger partial charge in [0.25, 0.3) is 5.91 Å². The maximum Gasteiger partial charge on any atom is 0.325 e. The first kappa shape index (κ1) is 17.5. The molecule has 0 spiro atoms. The number of hydrogen-bond acceptors (Lipinski definition) is 3. The lowest BCUT2D eigenvalue weighted by molar-refractivity contribution is -0.131. The predicted molar refractivity (Wildman–Crippen MR) is 81.4 cm³/mol. The smallest absolute Gasteiger partial charge is 0.323 e. The monoisotopic (exact) mass is 323 g/mol. The molecule has 1 N–H and O–H groups in total. The zero-order valence-electron chi connectivity index (χ0n) is 12.1. The number of nitrogens with one attached hydrogen (secondary N) is 1. The van der Waals surface area contributed by atoms with Crippen LogP contribution in [-0.4, -0.2) is 65.2 Å². The van der Waals surface area contributed by atoms with E-state index >= 15 is 0 Å². The highest BCUT2D eigenvalue weighted by Gasteiger charge is 2.48. The Bertz CT molecular complexity index is 343. The van der Waals surface area contributed by atoms with Gasteiger partial charge < -0.3 is 5.32 Å². The Morgan fingerprint density at radius 3 is 2.05 bits per heavy atom. The van der Waals surface area contributed by atoms with Gasteiger partial charge in [0.15, 0.2) is 0 Å². The fourth-order valence-corrected chi connectivity index (χ4v) is 2.90. The van der Waals surface area contributed by atoms with Crippen LogP contribution in [0.1, 0.15) is 26.7 Å². The van der Waals surface area contributed by atoms with E-state index in [1.54, 1.807) is 0 Å². The molecule has 1 aliphatic heterocycles. The minimum absolute atomic E-state index is 0.121. The molecule has 1 fully saturated rings. The molecule has 0 aromatic carbocycles. The highest BCUT2D eigenvalue weighted by Crippen LogP contribution is 2.24. The van der Waals surface area contributed by atoms with Crippen molar-refractivity contribution in [3.8, 4) is 0 Å². The van der Waals surface area contributed by atoms with Gasteiger partial charge in [0.1, 0.15) is 5.54 Å². The van der Waals surface area contributed by atoms with Gasteiger partial charge in [-0.3, -0.25) is 14.6 Å². The third-order valence-corrected chi connectivity index (χ3v) is 4.23. The van der Waals surface area contributed by atoms with Gasteiger partial charge in [-0.25, -0.2) is 4.79 Å². The highest BCUT2D eigenvalue weighted by molar-refractivity contribution is 6.18. The number of carbonyl (C=O) groups excluding carboxylic acids is 2. The van der Waals surface area contributed by atoms with Crippen LogP contribution in [0.25, 0.3) is 0 Å². The third-order valence-electron chi connectivity index (χ3n) is 3.89. The summed E-state index contributed by atoms with van der Waals surface area (Å²) < 4.78 is 0. The highest BCUT2D eigenvalue weighted by atomic mass is 35.5. The molecule has 1 saturated heterocycles. The molecule has 0 unspecified atom stereocenters. The van der Waals surface area contributed by atoms with Crippen LogP contribution in [0.15, 0.2) is 0 Å². The molecule has 0 aliphatic carbocycles. The van der Waals surface area contributed by atoms with Gasteiger partial charge in [-0.1, -0.05) is 13.8 Å². The average Bonchev–Trinajstić information content (AvgIpc) is 2.68. The van der Waals surface area contributed by atoms with E-state index in [4.69, 9.17) is 23.2 Å². The van der Waals surface area contributed by atoms with E-state index in [1.807, 2.05) is 13.8 Å². The lowest BCUT2D eigenvalue weighted by Gasteiger charge is -2.25. The zero-order valence-corrected chi connectivity index (χ0v) is 13.6. The fourth-order valence-electron chi connectivity index (χ4n) is 2.42. The van der Waals surface area contributed by atoms with E-state index in [0.717, 1.165) is 0 Å². The van der Waals surface area contributed by atoms with E-state index in [-0.39, 0.29) is 11.9 Å². The summed E-state index contributed by atoms with van der Waals surface area (Å²) >= 11 is 11.5. The van der Waals surface area contributed by atoms with Gasteiger partial charge in [0.2, 0.25) is 0 Å². The Morgan fingerprint density at radius 1 is 1.10 bits per heavy atom. The molecule has 0 saturated carbocycles. The molecule has 116 valence electrons. The summed E-state index contributed by atoms with van der Waals surface area (Å²) in [5.74, 6) is 0.889. The van der Waals surface area contributed by atoms with Crippen molar-refractivity contribution in [1.29, 1.82) is 0 Å². The van der Waals surface area contributed by atoms with Gasteiger partial charge in [-0.2, -0.15) is 0 Å². The van der Waals surface area contributed by atoms with E-state index in [1.165, 1.54) is 4.90 Å². The van der Waals surface area contributed by atoms with Gasteiger partial charge in [0.05, 0.1) is 0 Å². The summed E-state index contributed by atoms with van der Waals surface area (Å²) in [5, 5.41) is 2.82. The van der Waals surface area contributed by atoms with E-state index in [0.29, 0.717) is 50.8 Å². The Hall–Kier alpha value is -0.520. The topological polar surface area (TPSA) is 52.7 Å². The largest absolute Gasteiger partial charge is 0.325 e. The maximum absolute atomic E-state index is 12.4. The second kappa shape index (κ2) is 8.05. The van der Waals surface area contributed by atoms with E-state index in [2.05, 4.69) is 10.2 Å². The van der Waals surface area contributed by atoms with Gasteiger partial charge in [-0.15, -0.1) is 23.2 Å². The molecule has 0 aromatic heterocycles. The van der Waals surface area contributed by atoms with Crippen molar-refractivity contribution in [3.05, 3.63) is 0 Å². The molecule has 1 aliphatic rings. The zero-order chi connectivity index (χ0) is 15.2. The van der Waals surface area contributed by atoms with Crippen LogP contribution in [0, 0.1) is 0 Å². The van der Waals surface area contributed by atoms with Crippen LogP contribution < -0.4 is 5.32 Å². The number of halogens is 2. The summed E-state index contributed by atoms with van der Waals surface area (Å²) in [6.45, 7) is 6.20. The second-order valence-electron chi connectivity index (χ2n) is 4.90. The quantitative estimate of drug-likeness (QED) is 0.520. The minimum atomic E-state index is -0.721. The Morgan fingerprint density at radius 2 is 1.65 bits per heavy atom. The molecule has 0 radical (unpaired) electrons. The molecule has 7 heteroatoms. The first-order valence-corrected chi connectivity index (χ1v) is 8.10. The van der Waals surface area contributed by atoms with Gasteiger partial charge in [-0.05, 0) is 12.8 Å². The number of nitrogens with zero attached hydrogens (tertiary/aromatic N) is 2. The van der Waals surface area contributed by atoms with Crippen LogP contribution in [0.5, 0.6) is 0 Å². The number of hydrogen-bond donors (Lipinski definition) is 1. The number of rotatable bonds is 9. The molecular formula is C13H23Cl2N3O2. The molecule has 5 nitrogen and oxygen atoms in total. The van der Waals surface area contributed by atoms with Crippen molar-refractivity contribution in [2.75, 3.05) is 37.9 Å². The lowest BCUT2D eigenvalue weighted by Crippen LogP contribution is -2.46. The van der Waals surface area contributed by atoms with E-state index in [9.17, 15) is 9.59 Å². The second-order valence-corrected chi connectivity index (χ2v) is 5.65. The van der Waals surface area contributed by atoms with Crippen molar-refractivity contribution >= 4 is 35.1 Å². The van der Waals surface area contributed by atoms with Crippen molar-refractivity contribution in [2.45, 2.75) is 32.2 Å². The van der Waals surface area contributed by atoms with Crippen LogP contribution in [0.3, 0.4) is 0 Å². The SMILES string of the molecule is CCC1(CC)NC(=O)N(CCN(CCCl)CCCl)C1=O. The van der Waals surface area contributed by atoms with Crippen molar-refractivity contribution in [2.24, 2.45) is 0 Å². The van der Waals surface area contributed by atoms with Crippen LogP contribution >= 0.6 is 23.2 Å². The van der Waals surface area contributed by atoms with Crippen LogP contribution in [0.2, 0.25) is 0 Å². The van der Waals surface area contributed by atoms with Gasteiger partial charge in [0, 0.05) is 37.9 Å². The first-order chi connectivity index (χ1) is 9.54. The van der Waals surface area contributed by atoms with Crippen molar-refractivity contribution in [1.82, 2.24) is 15.1 Å². The van der Waals surface area contributed by atoms with E-state index < -0.39 is 5.54 Å². The Kier molecular flexibility index (Phi) is 7.06. The molecule has 0 atom stereocenters. The molecule has 3 amide bonds. The number of urea groups is 1. The number of amides is 3. The van der Waals surface area contributed by atoms with Crippen molar-refractivity contribution in [3.63, 3.8) is 0 Å². The Labute approximate surface area is 130 Å². The normalized spacial score (nSPS) is 17.9. The summed E-state index contributed by atoms with van der Waals surface area (Å²) in [6.07, 6.45) is 1.22. The minimum Gasteiger partial charge on any atom is -0.323 e. The molecular weight excluding hydrogens is 301 g/mol. The summed E-state index contributed by atoms with van der Waals surface area (Å²) in [6, 6.07) is -0.296. The summed E-state index contributed by atoms with van der Waals surface area (Å²) in [7, 11) is 0. The number of alkyl halides is 2. The Balaban J connectivity index is 2.63. The fraction of sp³-hybridized carbons (Fsp3) is 0.846. The standard InChI is InChI=1S/C13H23Cl2N3O2/c1-3-13(4-2)11(19)18(12(20)16-13)10-9-17(7-5-14)8-6-15/h3-10H2,1-2H3,(H,16,20). The molecule has 1 heterocycles. The van der Waals surface area contributed by atoms with Gasteiger partial charge >= 0.3 is 6.03 Å². The molecule has 0 aromatic rings. The average molecular weight is 324 g/mol. The lowest BCUT2D eigenvalue weighted by atomic mass is 9.93. The molecule has 0 bridgehead atoms. The summed E-state index contributed by atoms with van der Waals surface area (Å²) in [4.78, 5) is 27.7. The molecule has 1 rings (SSSR count). The van der Waals surface area contributed by atoms with Crippen molar-refractivity contribution < 1.29 is 9.59 Å². The molecule has 20 heavy (non-hydrogen) atoms. The number of imide groups is 1. The number of carbonyl (C=O) groups is 2. The maximum atomic E-state index is 12.4. The summed E-state index contributed by atoms with van der Waals surface area (Å²) in [5.41, 5.74) is -0.721. The third kappa shape index (κ3) is 3.77. The first-order valence-electron chi connectivity index (χ1n) is 7.03. The van der Waals surface area contributed by atoms with Crippen LogP contribution in [0.4, 0.5) is 4.79 Å².